The summed E-state index contributed by atoms with van der Waals surface area (Å²) < 4.78 is 17.6. The Balaban J connectivity index is 1.46. The molecule has 0 spiro atoms. The number of esters is 1. The van der Waals surface area contributed by atoms with E-state index in [1.807, 2.05) is 93.6 Å². The van der Waals surface area contributed by atoms with Gasteiger partial charge in [-0.15, -0.1) is 0 Å². The normalized spacial score (nSPS) is 20.6. The number of para-hydroxylation sites is 2. The predicted octanol–water partition coefficient (Wildman–Crippen LogP) is 6.67. The fraction of sp³-hybridized carbons (Fsp3) is 0.324. The van der Waals surface area contributed by atoms with Gasteiger partial charge in [0.1, 0.15) is 30.6 Å². The van der Waals surface area contributed by atoms with E-state index in [4.69, 9.17) is 19.2 Å². The van der Waals surface area contributed by atoms with Crippen LogP contribution in [0, 0.1) is 5.92 Å². The number of allylic oxidation sites excluding steroid dienone is 2. The highest BCUT2D eigenvalue weighted by molar-refractivity contribution is 6.09. The fourth-order valence-corrected chi connectivity index (χ4v) is 5.67. The Hall–Kier alpha value is -4.19. The number of nitrogens with zero attached hydrogens (tertiary/aromatic N) is 1. The summed E-state index contributed by atoms with van der Waals surface area (Å²) in [6, 6.07) is 27.1. The van der Waals surface area contributed by atoms with Gasteiger partial charge in [-0.3, -0.25) is 14.6 Å². The molecule has 3 aromatic carbocycles. The van der Waals surface area contributed by atoms with Crippen molar-refractivity contribution in [3.05, 3.63) is 107 Å². The second-order valence-electron chi connectivity index (χ2n) is 10.5. The summed E-state index contributed by atoms with van der Waals surface area (Å²) in [6.45, 7) is 6.09. The van der Waals surface area contributed by atoms with Crippen LogP contribution in [0.3, 0.4) is 0 Å². The molecule has 1 unspecified atom stereocenters. The molecule has 1 aliphatic carbocycles. The first-order chi connectivity index (χ1) is 19.4. The molecule has 6 heteroatoms. The molecule has 0 radical (unpaired) electrons. The Morgan fingerprint density at radius 1 is 0.900 bits per heavy atom. The number of ketones is 1. The van der Waals surface area contributed by atoms with E-state index in [2.05, 4.69) is 12.1 Å². The second-order valence-corrected chi connectivity index (χ2v) is 10.5. The molecule has 5 rings (SSSR count). The van der Waals surface area contributed by atoms with Crippen molar-refractivity contribution >= 4 is 17.5 Å². The van der Waals surface area contributed by atoms with E-state index >= 15 is 0 Å². The van der Waals surface area contributed by atoms with E-state index < -0.39 is 17.8 Å². The van der Waals surface area contributed by atoms with Crippen molar-refractivity contribution in [1.29, 1.82) is 0 Å². The number of aliphatic imine (C=N–C) groups is 1. The molecular formula is C34H35NO5. The first-order valence-electron chi connectivity index (χ1n) is 13.9. The van der Waals surface area contributed by atoms with Gasteiger partial charge in [0, 0.05) is 34.9 Å². The maximum atomic E-state index is 13.9. The average molecular weight is 538 g/mol. The average Bonchev–Trinajstić information content (AvgIpc) is 2.95. The van der Waals surface area contributed by atoms with Gasteiger partial charge in [0.05, 0.1) is 6.10 Å². The number of carbonyl (C=O) groups is 2. The van der Waals surface area contributed by atoms with Crippen LogP contribution in [0.4, 0.5) is 0 Å². The lowest BCUT2D eigenvalue weighted by atomic mass is 9.69. The monoisotopic (exact) mass is 537 g/mol. The van der Waals surface area contributed by atoms with E-state index in [9.17, 15) is 9.59 Å². The van der Waals surface area contributed by atoms with Gasteiger partial charge in [-0.1, -0.05) is 66.7 Å². The van der Waals surface area contributed by atoms with Gasteiger partial charge < -0.3 is 14.2 Å². The molecular weight excluding hydrogens is 502 g/mol. The van der Waals surface area contributed by atoms with Gasteiger partial charge in [0.2, 0.25) is 0 Å². The van der Waals surface area contributed by atoms with Crippen LogP contribution in [0.15, 0.2) is 101 Å². The van der Waals surface area contributed by atoms with Crippen molar-refractivity contribution < 1.29 is 23.8 Å². The van der Waals surface area contributed by atoms with E-state index in [1.54, 1.807) is 0 Å². The van der Waals surface area contributed by atoms with E-state index in [-0.39, 0.29) is 31.0 Å². The molecule has 3 atom stereocenters. The molecule has 3 aromatic rings. The number of hydrogen-bond donors (Lipinski definition) is 0. The first-order valence-corrected chi connectivity index (χ1v) is 13.9. The molecule has 0 bridgehead atoms. The predicted molar refractivity (Wildman–Crippen MR) is 155 cm³/mol. The Labute approximate surface area is 235 Å². The second kappa shape index (κ2) is 12.3. The summed E-state index contributed by atoms with van der Waals surface area (Å²) >= 11 is 0. The van der Waals surface area contributed by atoms with E-state index in [0.29, 0.717) is 35.6 Å². The molecule has 0 aromatic heterocycles. The van der Waals surface area contributed by atoms with Crippen LogP contribution in [0.1, 0.15) is 56.6 Å². The zero-order chi connectivity index (χ0) is 28.1. The Morgan fingerprint density at radius 2 is 1.57 bits per heavy atom. The maximum Gasteiger partial charge on any atom is 0.315 e. The Bertz CT molecular complexity index is 1410. The minimum absolute atomic E-state index is 0.0147. The molecule has 1 aliphatic heterocycles. The van der Waals surface area contributed by atoms with E-state index in [0.717, 1.165) is 16.8 Å². The van der Waals surface area contributed by atoms with Crippen molar-refractivity contribution in [3.63, 3.8) is 0 Å². The summed E-state index contributed by atoms with van der Waals surface area (Å²) in [5.74, 6) is -0.286. The molecule has 206 valence electrons. The van der Waals surface area contributed by atoms with Crippen molar-refractivity contribution in [2.75, 3.05) is 13.2 Å². The van der Waals surface area contributed by atoms with Crippen molar-refractivity contribution in [2.24, 2.45) is 10.9 Å². The van der Waals surface area contributed by atoms with Crippen LogP contribution >= 0.6 is 0 Å². The van der Waals surface area contributed by atoms with E-state index in [1.165, 1.54) is 0 Å². The van der Waals surface area contributed by atoms with Gasteiger partial charge >= 0.3 is 5.97 Å². The lowest BCUT2D eigenvalue weighted by molar-refractivity contribution is -0.147. The summed E-state index contributed by atoms with van der Waals surface area (Å²) in [6.07, 6.45) is 0.935. The molecule has 0 amide bonds. The van der Waals surface area contributed by atoms with Crippen molar-refractivity contribution in [3.8, 4) is 11.5 Å². The summed E-state index contributed by atoms with van der Waals surface area (Å²) in [5, 5.41) is 0. The number of Topliss-reactive ketones (excluding diaryl/α,β-unsaturated/α-hetero) is 1. The number of ether oxygens (including phenoxy) is 3. The first kappa shape index (κ1) is 27.4. The van der Waals surface area contributed by atoms with Gasteiger partial charge in [0.15, 0.2) is 5.78 Å². The smallest absolute Gasteiger partial charge is 0.315 e. The molecule has 6 nitrogen and oxygen atoms in total. The quantitative estimate of drug-likeness (QED) is 0.225. The highest BCUT2D eigenvalue weighted by Gasteiger charge is 2.45. The van der Waals surface area contributed by atoms with Crippen molar-refractivity contribution in [2.45, 2.75) is 51.6 Å². The SMILES string of the molecule is CC1=NC2=C(C(=O)C[C@H](c3ccccc3)C2)[C@H](c2ccccc2OC(C)C)C1C(=O)OCCOc1ccccc1. The van der Waals surface area contributed by atoms with Crippen LogP contribution in [-0.2, 0) is 14.3 Å². The third-order valence-electron chi connectivity index (χ3n) is 7.37. The number of carbonyl (C=O) groups excluding carboxylic acids is 2. The zero-order valence-corrected chi connectivity index (χ0v) is 23.2. The van der Waals surface area contributed by atoms with Crippen LogP contribution in [0.5, 0.6) is 11.5 Å². The third kappa shape index (κ3) is 6.01. The highest BCUT2D eigenvalue weighted by Crippen LogP contribution is 2.48. The summed E-state index contributed by atoms with van der Waals surface area (Å²) in [7, 11) is 0. The van der Waals surface area contributed by atoms with Crippen LogP contribution in [0.25, 0.3) is 0 Å². The molecule has 40 heavy (non-hydrogen) atoms. The number of benzene rings is 3. The minimum Gasteiger partial charge on any atom is -0.491 e. The maximum absolute atomic E-state index is 13.9. The largest absolute Gasteiger partial charge is 0.491 e. The Morgan fingerprint density at radius 3 is 2.30 bits per heavy atom. The number of rotatable bonds is 9. The van der Waals surface area contributed by atoms with Gasteiger partial charge in [-0.2, -0.15) is 0 Å². The third-order valence-corrected chi connectivity index (χ3v) is 7.37. The Kier molecular flexibility index (Phi) is 8.44. The summed E-state index contributed by atoms with van der Waals surface area (Å²) in [5.41, 5.74) is 3.91. The van der Waals surface area contributed by atoms with Gasteiger partial charge in [0.25, 0.3) is 0 Å². The number of hydrogen-bond acceptors (Lipinski definition) is 6. The molecule has 0 fully saturated rings. The zero-order valence-electron chi connectivity index (χ0n) is 23.2. The van der Waals surface area contributed by atoms with Gasteiger partial charge in [-0.05, 0) is 56.9 Å². The van der Waals surface area contributed by atoms with Gasteiger partial charge in [-0.25, -0.2) is 0 Å². The van der Waals surface area contributed by atoms with Crippen LogP contribution < -0.4 is 9.47 Å². The minimum atomic E-state index is -0.746. The highest BCUT2D eigenvalue weighted by atomic mass is 16.6. The fourth-order valence-electron chi connectivity index (χ4n) is 5.67. The molecule has 0 N–H and O–H groups in total. The lowest BCUT2D eigenvalue weighted by Crippen LogP contribution is -2.38. The lowest BCUT2D eigenvalue weighted by Gasteiger charge is -2.37. The van der Waals surface area contributed by atoms with Crippen molar-refractivity contribution in [1.82, 2.24) is 0 Å². The molecule has 0 saturated heterocycles. The van der Waals surface area contributed by atoms with Crippen LogP contribution in [-0.4, -0.2) is 36.8 Å². The molecule has 1 heterocycles. The molecule has 2 aliphatic rings. The molecule has 0 saturated carbocycles. The topological polar surface area (TPSA) is 74.2 Å². The van der Waals surface area contributed by atoms with Crippen LogP contribution in [0.2, 0.25) is 0 Å². The summed E-state index contributed by atoms with van der Waals surface area (Å²) in [4.78, 5) is 32.4. The standard InChI is InChI=1S/C34H35NO5/c1-22(2)40-30-17-11-10-16-27(30)32-31(34(37)39-19-18-38-26-14-8-5-9-15-26)23(3)35-28-20-25(21-29(36)33(28)32)24-12-6-4-7-13-24/h4-17,22,25,31-32H,18-21H2,1-3H3/t25-,31?,32-/m1/s1.